The first-order chi connectivity index (χ1) is 10.6. The van der Waals surface area contributed by atoms with Gasteiger partial charge in [-0.3, -0.25) is 9.59 Å². The lowest BCUT2D eigenvalue weighted by Gasteiger charge is -2.31. The van der Waals surface area contributed by atoms with Crippen LogP contribution in [0.3, 0.4) is 0 Å². The maximum absolute atomic E-state index is 12.2. The minimum atomic E-state index is -0.0567. The van der Waals surface area contributed by atoms with Gasteiger partial charge in [-0.1, -0.05) is 0 Å². The number of hydrogen-bond acceptors (Lipinski definition) is 4. The average molecular weight is 442 g/mol. The van der Waals surface area contributed by atoms with Gasteiger partial charge in [0.15, 0.2) is 0 Å². The first-order valence-corrected chi connectivity index (χ1v) is 8.24. The van der Waals surface area contributed by atoms with E-state index in [9.17, 15) is 9.59 Å². The number of carbonyl (C=O) groups is 2. The normalized spacial score (nSPS) is 14.3. The molecule has 1 fully saturated rings. The molecule has 2 N–H and O–H groups in total. The Kier molecular flexibility index (Phi) is 11.2. The summed E-state index contributed by atoms with van der Waals surface area (Å²) in [5.74, 6) is 0.638. The molecule has 24 heavy (non-hydrogen) atoms. The summed E-state index contributed by atoms with van der Waals surface area (Å²) in [7, 11) is 1.83. The Morgan fingerprint density at radius 1 is 1.29 bits per heavy atom. The number of rotatable bonds is 5. The monoisotopic (exact) mass is 440 g/mol. The number of amides is 2. The lowest BCUT2D eigenvalue weighted by molar-refractivity contribution is -0.134. The molecule has 0 spiro atoms. The number of halogens is 3. The second-order valence-electron chi connectivity index (χ2n) is 5.36. The molecule has 136 valence electrons. The molecule has 2 heterocycles. The molecule has 0 saturated carbocycles. The summed E-state index contributed by atoms with van der Waals surface area (Å²) in [6.45, 7) is 1.98. The maximum Gasteiger partial charge on any atom is 0.228 e. The van der Waals surface area contributed by atoms with Gasteiger partial charge in [-0.25, -0.2) is 4.98 Å². The van der Waals surface area contributed by atoms with E-state index >= 15 is 0 Å². The van der Waals surface area contributed by atoms with Crippen molar-refractivity contribution in [2.75, 3.05) is 32.0 Å². The Hall–Kier alpha value is -0.890. The van der Waals surface area contributed by atoms with Crippen LogP contribution in [0.1, 0.15) is 19.3 Å². The molecule has 0 aromatic carbocycles. The van der Waals surface area contributed by atoms with E-state index in [1.807, 2.05) is 18.0 Å². The van der Waals surface area contributed by atoms with E-state index in [2.05, 4.69) is 31.5 Å². The Balaban J connectivity index is 0.00000264. The minimum Gasteiger partial charge on any atom is -0.343 e. The van der Waals surface area contributed by atoms with Gasteiger partial charge in [0.25, 0.3) is 0 Å². The number of aromatic nitrogens is 1. The third kappa shape index (κ3) is 6.93. The highest BCUT2D eigenvalue weighted by Gasteiger charge is 2.27. The zero-order valence-corrected chi connectivity index (χ0v) is 16.7. The van der Waals surface area contributed by atoms with Gasteiger partial charge in [-0.05, 0) is 48.0 Å². The van der Waals surface area contributed by atoms with Crippen molar-refractivity contribution in [1.82, 2.24) is 15.2 Å². The molecular weight excluding hydrogens is 419 g/mol. The second-order valence-corrected chi connectivity index (χ2v) is 6.28. The molecule has 1 saturated heterocycles. The molecule has 1 aliphatic rings. The highest BCUT2D eigenvalue weighted by molar-refractivity contribution is 9.10. The first-order valence-electron chi connectivity index (χ1n) is 7.45. The van der Waals surface area contributed by atoms with E-state index in [0.717, 1.165) is 4.47 Å². The van der Waals surface area contributed by atoms with Crippen molar-refractivity contribution in [1.29, 1.82) is 0 Å². The fourth-order valence-corrected chi connectivity index (χ4v) is 2.69. The van der Waals surface area contributed by atoms with Crippen LogP contribution in [-0.4, -0.2) is 48.4 Å². The topological polar surface area (TPSA) is 74.3 Å². The van der Waals surface area contributed by atoms with E-state index in [0.29, 0.717) is 44.7 Å². The molecule has 0 atom stereocenters. The number of piperidine rings is 1. The van der Waals surface area contributed by atoms with Crippen LogP contribution in [0, 0.1) is 5.92 Å². The van der Waals surface area contributed by atoms with Crippen molar-refractivity contribution in [2.45, 2.75) is 19.3 Å². The number of nitrogens with zero attached hydrogens (tertiary/aromatic N) is 2. The highest BCUT2D eigenvalue weighted by Crippen LogP contribution is 2.20. The van der Waals surface area contributed by atoms with E-state index in [1.54, 1.807) is 12.3 Å². The number of hydrogen-bond donors (Lipinski definition) is 2. The summed E-state index contributed by atoms with van der Waals surface area (Å²) < 4.78 is 0.874. The molecule has 9 heteroatoms. The number of carbonyl (C=O) groups excluding carboxylic acids is 2. The molecule has 0 bridgehead atoms. The fourth-order valence-electron chi connectivity index (χ4n) is 2.46. The lowest BCUT2D eigenvalue weighted by Crippen LogP contribution is -2.42. The minimum absolute atomic E-state index is 0. The van der Waals surface area contributed by atoms with Gasteiger partial charge in [0.2, 0.25) is 11.8 Å². The predicted molar refractivity (Wildman–Crippen MR) is 103 cm³/mol. The summed E-state index contributed by atoms with van der Waals surface area (Å²) in [5, 5.41) is 5.81. The fraction of sp³-hybridized carbons (Fsp3) is 0.533. The summed E-state index contributed by atoms with van der Waals surface area (Å²) in [4.78, 5) is 30.1. The summed E-state index contributed by atoms with van der Waals surface area (Å²) in [5.41, 5.74) is 0. The van der Waals surface area contributed by atoms with Crippen LogP contribution in [0.25, 0.3) is 0 Å². The molecule has 0 radical (unpaired) electrons. The molecule has 0 aliphatic carbocycles. The molecule has 0 unspecified atom stereocenters. The quantitative estimate of drug-likeness (QED) is 0.735. The standard InChI is InChI=1S/C15H21BrN4O2.2ClH/c1-17-7-4-14(21)20-8-5-11(6-9-20)15(22)19-13-3-2-12(16)10-18-13;;/h2-3,10-11,17H,4-9H2,1H3,(H,18,19,22);2*1H. The van der Waals surface area contributed by atoms with Crippen molar-refractivity contribution >= 4 is 58.4 Å². The zero-order valence-electron chi connectivity index (χ0n) is 13.5. The van der Waals surface area contributed by atoms with Gasteiger partial charge in [0, 0.05) is 42.6 Å². The van der Waals surface area contributed by atoms with Crippen LogP contribution in [0.4, 0.5) is 5.82 Å². The summed E-state index contributed by atoms with van der Waals surface area (Å²) in [6.07, 6.45) is 3.57. The third-order valence-corrected chi connectivity index (χ3v) is 4.26. The van der Waals surface area contributed by atoms with Crippen molar-refractivity contribution in [2.24, 2.45) is 5.92 Å². The Bertz CT molecular complexity index is 523. The van der Waals surface area contributed by atoms with Crippen LogP contribution < -0.4 is 10.6 Å². The lowest BCUT2D eigenvalue weighted by atomic mass is 9.95. The molecule has 6 nitrogen and oxygen atoms in total. The summed E-state index contributed by atoms with van der Waals surface area (Å²) >= 11 is 3.31. The van der Waals surface area contributed by atoms with Gasteiger partial charge in [0.05, 0.1) is 0 Å². The van der Waals surface area contributed by atoms with Crippen LogP contribution >= 0.6 is 40.7 Å². The predicted octanol–water partition coefficient (Wildman–Crippen LogP) is 2.47. The average Bonchev–Trinajstić information content (AvgIpc) is 2.55. The molecular formula is C15H23BrCl2N4O2. The molecule has 2 amide bonds. The van der Waals surface area contributed by atoms with E-state index < -0.39 is 0 Å². The van der Waals surface area contributed by atoms with Gasteiger partial charge in [-0.2, -0.15) is 0 Å². The van der Waals surface area contributed by atoms with Crippen LogP contribution in [-0.2, 0) is 9.59 Å². The molecule has 1 aliphatic heterocycles. The van der Waals surface area contributed by atoms with Crippen molar-refractivity contribution in [3.8, 4) is 0 Å². The smallest absolute Gasteiger partial charge is 0.228 e. The van der Waals surface area contributed by atoms with Gasteiger partial charge in [0.1, 0.15) is 5.82 Å². The molecule has 1 aromatic heterocycles. The van der Waals surface area contributed by atoms with Gasteiger partial charge >= 0.3 is 0 Å². The van der Waals surface area contributed by atoms with E-state index in [-0.39, 0.29) is 42.5 Å². The second kappa shape index (κ2) is 11.6. The highest BCUT2D eigenvalue weighted by atomic mass is 79.9. The largest absolute Gasteiger partial charge is 0.343 e. The zero-order chi connectivity index (χ0) is 15.9. The van der Waals surface area contributed by atoms with Crippen molar-refractivity contribution in [3.05, 3.63) is 22.8 Å². The third-order valence-electron chi connectivity index (χ3n) is 3.79. The summed E-state index contributed by atoms with van der Waals surface area (Å²) in [6, 6.07) is 3.60. The van der Waals surface area contributed by atoms with Crippen LogP contribution in [0.15, 0.2) is 22.8 Å². The van der Waals surface area contributed by atoms with E-state index in [1.165, 1.54) is 0 Å². The number of nitrogens with one attached hydrogen (secondary N) is 2. The number of likely N-dealkylation sites (tertiary alicyclic amines) is 1. The van der Waals surface area contributed by atoms with Crippen molar-refractivity contribution in [3.63, 3.8) is 0 Å². The van der Waals surface area contributed by atoms with Crippen LogP contribution in [0.5, 0.6) is 0 Å². The Morgan fingerprint density at radius 3 is 2.50 bits per heavy atom. The van der Waals surface area contributed by atoms with E-state index in [4.69, 9.17) is 0 Å². The Morgan fingerprint density at radius 2 is 1.96 bits per heavy atom. The number of pyridine rings is 1. The SMILES string of the molecule is CNCCC(=O)N1CCC(C(=O)Nc2ccc(Br)cn2)CC1.Cl.Cl. The molecule has 1 aromatic rings. The van der Waals surface area contributed by atoms with Crippen molar-refractivity contribution < 1.29 is 9.59 Å². The van der Waals surface area contributed by atoms with Gasteiger partial charge in [-0.15, -0.1) is 24.8 Å². The molecule has 2 rings (SSSR count). The maximum atomic E-state index is 12.2. The number of anilines is 1. The van der Waals surface area contributed by atoms with Crippen LogP contribution in [0.2, 0.25) is 0 Å². The first kappa shape index (κ1) is 23.1. The van der Waals surface area contributed by atoms with Gasteiger partial charge < -0.3 is 15.5 Å². The Labute approximate surface area is 163 Å².